The molecule has 64 valence electrons. The highest BCUT2D eigenvalue weighted by molar-refractivity contribution is 5.30. The van der Waals surface area contributed by atoms with Crippen molar-refractivity contribution >= 4 is 0 Å². The third-order valence-electron chi connectivity index (χ3n) is 2.05. The molecule has 0 amide bonds. The second-order valence-electron chi connectivity index (χ2n) is 3.11. The monoisotopic (exact) mass is 160 g/mol. The summed E-state index contributed by atoms with van der Waals surface area (Å²) in [6, 6.07) is 0. The Morgan fingerprint density at radius 2 is 2.00 bits per heavy atom. The van der Waals surface area contributed by atoms with E-state index in [-0.39, 0.29) is 0 Å². The zero-order chi connectivity index (χ0) is 8.81. The van der Waals surface area contributed by atoms with Gasteiger partial charge in [-0.25, -0.2) is 0 Å². The first kappa shape index (κ1) is 9.05. The molecule has 1 rings (SSSR count). The summed E-state index contributed by atoms with van der Waals surface area (Å²) < 4.78 is 0. The van der Waals surface area contributed by atoms with Crippen LogP contribution in [0.15, 0.2) is 48.6 Å². The van der Waals surface area contributed by atoms with Crippen molar-refractivity contribution in [1.29, 1.82) is 0 Å². The summed E-state index contributed by atoms with van der Waals surface area (Å²) >= 11 is 0. The van der Waals surface area contributed by atoms with Crippen molar-refractivity contribution in [3.05, 3.63) is 48.6 Å². The third kappa shape index (κ3) is 2.54. The van der Waals surface area contributed by atoms with Crippen LogP contribution in [-0.4, -0.2) is 0 Å². The van der Waals surface area contributed by atoms with Crippen molar-refractivity contribution in [3.63, 3.8) is 0 Å². The Bertz CT molecular complexity index is 228. The molecule has 0 nitrogen and oxygen atoms in total. The third-order valence-corrected chi connectivity index (χ3v) is 2.05. The lowest BCUT2D eigenvalue weighted by atomic mass is 9.96. The van der Waals surface area contributed by atoms with Crippen molar-refractivity contribution < 1.29 is 0 Å². The molecule has 0 heteroatoms. The van der Waals surface area contributed by atoms with Gasteiger partial charge in [-0.15, -0.1) is 13.2 Å². The van der Waals surface area contributed by atoms with Crippen LogP contribution in [0.25, 0.3) is 0 Å². The number of hydrogen-bond acceptors (Lipinski definition) is 0. The summed E-state index contributed by atoms with van der Waals surface area (Å²) in [5.74, 6) is 0. The van der Waals surface area contributed by atoms with Crippen molar-refractivity contribution in [1.82, 2.24) is 0 Å². The van der Waals surface area contributed by atoms with Crippen molar-refractivity contribution in [2.45, 2.75) is 25.7 Å². The molecule has 0 unspecified atom stereocenters. The molecule has 0 saturated heterocycles. The Hall–Kier alpha value is -1.04. The fourth-order valence-electron chi connectivity index (χ4n) is 1.49. The van der Waals surface area contributed by atoms with E-state index < -0.39 is 0 Å². The van der Waals surface area contributed by atoms with E-state index in [0.717, 1.165) is 12.8 Å². The molecule has 1 aliphatic rings. The van der Waals surface area contributed by atoms with Crippen molar-refractivity contribution in [2.24, 2.45) is 0 Å². The molecule has 12 heavy (non-hydrogen) atoms. The van der Waals surface area contributed by atoms with Crippen LogP contribution in [0.1, 0.15) is 25.7 Å². The first-order valence-corrected chi connectivity index (χ1v) is 4.47. The van der Waals surface area contributed by atoms with Crippen molar-refractivity contribution in [3.8, 4) is 0 Å². The van der Waals surface area contributed by atoms with Crippen LogP contribution in [0.3, 0.4) is 0 Å². The molecule has 0 spiro atoms. The minimum absolute atomic E-state index is 1.00. The maximum atomic E-state index is 3.75. The Balaban J connectivity index is 2.59. The van der Waals surface area contributed by atoms with Crippen LogP contribution >= 0.6 is 0 Å². The number of rotatable bonds is 4. The van der Waals surface area contributed by atoms with Gasteiger partial charge in [0, 0.05) is 0 Å². The van der Waals surface area contributed by atoms with E-state index >= 15 is 0 Å². The van der Waals surface area contributed by atoms with Crippen molar-refractivity contribution in [2.75, 3.05) is 0 Å². The van der Waals surface area contributed by atoms with Gasteiger partial charge in [-0.05, 0) is 31.3 Å². The van der Waals surface area contributed by atoms with Gasteiger partial charge >= 0.3 is 0 Å². The maximum Gasteiger partial charge on any atom is -0.0103 e. The van der Waals surface area contributed by atoms with Crippen LogP contribution in [0.4, 0.5) is 0 Å². The Morgan fingerprint density at radius 3 is 2.67 bits per heavy atom. The molecule has 0 aromatic rings. The zero-order valence-electron chi connectivity index (χ0n) is 7.55. The van der Waals surface area contributed by atoms with Gasteiger partial charge in [-0.2, -0.15) is 0 Å². The molecule has 0 heterocycles. The maximum absolute atomic E-state index is 3.75. The molecule has 0 aromatic carbocycles. The quantitative estimate of drug-likeness (QED) is 0.549. The van der Waals surface area contributed by atoms with E-state index in [1.165, 1.54) is 24.0 Å². The molecule has 0 N–H and O–H groups in total. The highest BCUT2D eigenvalue weighted by Gasteiger charge is 2.02. The van der Waals surface area contributed by atoms with E-state index in [0.29, 0.717) is 0 Å². The predicted octanol–water partition coefficient (Wildman–Crippen LogP) is 3.79. The zero-order valence-corrected chi connectivity index (χ0v) is 7.55. The molecule has 0 saturated carbocycles. The first-order valence-electron chi connectivity index (χ1n) is 4.47. The lowest BCUT2D eigenvalue weighted by Gasteiger charge is -2.10. The Kier molecular flexibility index (Phi) is 3.59. The van der Waals surface area contributed by atoms with Gasteiger partial charge < -0.3 is 0 Å². The topological polar surface area (TPSA) is 0 Å². The lowest BCUT2D eigenvalue weighted by molar-refractivity contribution is 0.904. The summed E-state index contributed by atoms with van der Waals surface area (Å²) in [5, 5.41) is 0. The minimum Gasteiger partial charge on any atom is -0.103 e. The van der Waals surface area contributed by atoms with Gasteiger partial charge in [0.05, 0.1) is 0 Å². The van der Waals surface area contributed by atoms with Gasteiger partial charge in [0.15, 0.2) is 0 Å². The Morgan fingerprint density at radius 1 is 1.25 bits per heavy atom. The summed E-state index contributed by atoms with van der Waals surface area (Å²) in [6.45, 7) is 7.48. The average Bonchev–Trinajstić information content (AvgIpc) is 2.06. The summed E-state index contributed by atoms with van der Waals surface area (Å²) in [6.07, 6.45) is 12.9. The van der Waals surface area contributed by atoms with Gasteiger partial charge in [-0.3, -0.25) is 0 Å². The summed E-state index contributed by atoms with van der Waals surface area (Å²) in [7, 11) is 0. The van der Waals surface area contributed by atoms with Gasteiger partial charge in [0.25, 0.3) is 0 Å². The second-order valence-corrected chi connectivity index (χ2v) is 3.11. The fraction of sp³-hybridized carbons (Fsp3) is 0.333. The second kappa shape index (κ2) is 4.76. The van der Waals surface area contributed by atoms with Crippen LogP contribution in [-0.2, 0) is 0 Å². The first-order chi connectivity index (χ1) is 5.86. The summed E-state index contributed by atoms with van der Waals surface area (Å²) in [5.41, 5.74) is 2.91. The van der Waals surface area contributed by atoms with Gasteiger partial charge in [0.1, 0.15) is 0 Å². The highest BCUT2D eigenvalue weighted by atomic mass is 14.1. The molecule has 0 radical (unpaired) electrons. The Labute approximate surface area is 75.0 Å². The normalized spacial score (nSPS) is 16.3. The molecule has 0 atom stereocenters. The molecule has 0 bridgehead atoms. The smallest absolute Gasteiger partial charge is 0.0103 e. The minimum atomic E-state index is 1.00. The van der Waals surface area contributed by atoms with Gasteiger partial charge in [-0.1, -0.05) is 29.9 Å². The fourth-order valence-corrected chi connectivity index (χ4v) is 1.49. The van der Waals surface area contributed by atoms with Crippen LogP contribution < -0.4 is 0 Å². The molecule has 1 aliphatic carbocycles. The highest BCUT2D eigenvalue weighted by Crippen LogP contribution is 2.21. The van der Waals surface area contributed by atoms with Crippen LogP contribution in [0.2, 0.25) is 0 Å². The predicted molar refractivity (Wildman–Crippen MR) is 55.0 cm³/mol. The number of allylic oxidation sites excluding steroid dienone is 6. The van der Waals surface area contributed by atoms with E-state index in [9.17, 15) is 0 Å². The van der Waals surface area contributed by atoms with E-state index in [2.05, 4.69) is 25.3 Å². The number of hydrogen-bond donors (Lipinski definition) is 0. The van der Waals surface area contributed by atoms with Crippen LogP contribution in [0, 0.1) is 0 Å². The van der Waals surface area contributed by atoms with Crippen LogP contribution in [0.5, 0.6) is 0 Å². The lowest BCUT2D eigenvalue weighted by Crippen LogP contribution is -1.91. The SMILES string of the molecule is C=CCC1=CCCC(CC=C)=C1. The standard InChI is InChI=1S/C12H16/c1-3-6-11-8-5-9-12(10-11)7-4-2/h3-4,8,10H,1-2,5-7,9H2. The van der Waals surface area contributed by atoms with E-state index in [1.807, 2.05) is 12.2 Å². The molecule has 0 fully saturated rings. The molecule has 0 aromatic heterocycles. The van der Waals surface area contributed by atoms with Gasteiger partial charge in [0.2, 0.25) is 0 Å². The molecular weight excluding hydrogens is 144 g/mol. The van der Waals surface area contributed by atoms with E-state index in [4.69, 9.17) is 0 Å². The molecular formula is C12H16. The average molecular weight is 160 g/mol. The van der Waals surface area contributed by atoms with E-state index in [1.54, 1.807) is 0 Å². The summed E-state index contributed by atoms with van der Waals surface area (Å²) in [4.78, 5) is 0. The molecule has 0 aliphatic heterocycles. The largest absolute Gasteiger partial charge is 0.103 e.